The summed E-state index contributed by atoms with van der Waals surface area (Å²) in [5, 5.41) is 13.0. The van der Waals surface area contributed by atoms with Crippen LogP contribution in [0.15, 0.2) is 29.0 Å². The van der Waals surface area contributed by atoms with Crippen molar-refractivity contribution >= 4 is 17.8 Å². The van der Waals surface area contributed by atoms with E-state index in [0.29, 0.717) is 26.2 Å². The number of carbonyl (C=O) groups excluding carboxylic acids is 2. The van der Waals surface area contributed by atoms with Gasteiger partial charge in [-0.05, 0) is 12.1 Å². The van der Waals surface area contributed by atoms with Crippen LogP contribution in [0, 0.1) is 0 Å². The molecule has 0 aliphatic carbocycles. The molecule has 0 aromatic carbocycles. The molecule has 0 saturated carbocycles. The van der Waals surface area contributed by atoms with E-state index < -0.39 is 11.9 Å². The van der Waals surface area contributed by atoms with E-state index in [9.17, 15) is 14.4 Å². The van der Waals surface area contributed by atoms with Gasteiger partial charge in [0.1, 0.15) is 11.3 Å². The lowest BCUT2D eigenvalue weighted by Crippen LogP contribution is -2.51. The van der Waals surface area contributed by atoms with E-state index in [0.717, 1.165) is 6.20 Å². The summed E-state index contributed by atoms with van der Waals surface area (Å²) in [4.78, 5) is 39.1. The Bertz CT molecular complexity index is 772. The molecule has 0 spiro atoms. The molecule has 9 nitrogen and oxygen atoms in total. The summed E-state index contributed by atoms with van der Waals surface area (Å²) in [6, 6.07) is 3.23. The Morgan fingerprint density at radius 1 is 1.12 bits per heavy atom. The minimum atomic E-state index is -1.20. The number of hydrogen-bond acceptors (Lipinski definition) is 5. The molecule has 1 aliphatic heterocycles. The van der Waals surface area contributed by atoms with Crippen LogP contribution < -0.4 is 0 Å². The van der Waals surface area contributed by atoms with Crippen LogP contribution in [-0.4, -0.2) is 68.6 Å². The first-order chi connectivity index (χ1) is 11.5. The molecule has 2 aromatic heterocycles. The number of aromatic nitrogens is 2. The Balaban J connectivity index is 1.69. The van der Waals surface area contributed by atoms with E-state index in [-0.39, 0.29) is 22.9 Å². The van der Waals surface area contributed by atoms with Crippen molar-refractivity contribution in [3.05, 3.63) is 41.6 Å². The zero-order valence-corrected chi connectivity index (χ0v) is 13.0. The van der Waals surface area contributed by atoms with Gasteiger partial charge in [0.25, 0.3) is 11.8 Å². The summed E-state index contributed by atoms with van der Waals surface area (Å²) in [6.45, 7) is 1.34. The number of carboxylic acids is 1. The van der Waals surface area contributed by atoms with Gasteiger partial charge in [0.2, 0.25) is 0 Å². The maximum absolute atomic E-state index is 12.6. The highest BCUT2D eigenvalue weighted by molar-refractivity contribution is 6.03. The third-order valence-corrected chi connectivity index (χ3v) is 3.96. The number of rotatable bonds is 3. The van der Waals surface area contributed by atoms with Gasteiger partial charge < -0.3 is 19.3 Å². The normalized spacial score (nSPS) is 14.7. The zero-order valence-electron chi connectivity index (χ0n) is 13.0. The van der Waals surface area contributed by atoms with E-state index in [1.165, 1.54) is 22.9 Å². The van der Waals surface area contributed by atoms with E-state index in [4.69, 9.17) is 9.52 Å². The topological polar surface area (TPSA) is 109 Å². The summed E-state index contributed by atoms with van der Waals surface area (Å²) in [6.07, 6.45) is 2.59. The maximum Gasteiger partial charge on any atom is 0.339 e. The zero-order chi connectivity index (χ0) is 17.3. The minimum absolute atomic E-state index is 0.0355. The third kappa shape index (κ3) is 2.75. The smallest absolute Gasteiger partial charge is 0.339 e. The Hall–Kier alpha value is -3.10. The van der Waals surface area contributed by atoms with Crippen LogP contribution in [0.5, 0.6) is 0 Å². The van der Waals surface area contributed by atoms with Crippen molar-refractivity contribution in [3.63, 3.8) is 0 Å². The molecule has 2 aromatic rings. The lowest BCUT2D eigenvalue weighted by Gasteiger charge is -2.34. The number of hydrogen-bond donors (Lipinski definition) is 1. The van der Waals surface area contributed by atoms with Gasteiger partial charge in [0.15, 0.2) is 5.76 Å². The molecule has 1 aliphatic rings. The van der Waals surface area contributed by atoms with Gasteiger partial charge in [0, 0.05) is 33.2 Å². The third-order valence-electron chi connectivity index (χ3n) is 3.96. The highest BCUT2D eigenvalue weighted by atomic mass is 16.4. The molecule has 2 amide bonds. The summed E-state index contributed by atoms with van der Waals surface area (Å²) in [5.74, 6) is -1.57. The van der Waals surface area contributed by atoms with Crippen LogP contribution in [0.3, 0.4) is 0 Å². The predicted molar refractivity (Wildman–Crippen MR) is 80.7 cm³/mol. The van der Waals surface area contributed by atoms with Crippen LogP contribution >= 0.6 is 0 Å². The fourth-order valence-electron chi connectivity index (χ4n) is 2.67. The van der Waals surface area contributed by atoms with E-state index >= 15 is 0 Å². The summed E-state index contributed by atoms with van der Waals surface area (Å²) in [5.41, 5.74) is -0.0927. The van der Waals surface area contributed by atoms with Crippen LogP contribution in [0.1, 0.15) is 31.4 Å². The van der Waals surface area contributed by atoms with Gasteiger partial charge in [-0.15, -0.1) is 0 Å². The fourth-order valence-corrected chi connectivity index (χ4v) is 2.67. The van der Waals surface area contributed by atoms with E-state index in [1.54, 1.807) is 17.0 Å². The molecule has 126 valence electrons. The van der Waals surface area contributed by atoms with Gasteiger partial charge in [-0.2, -0.15) is 5.10 Å². The predicted octanol–water partition coefficient (Wildman–Crippen LogP) is 0.309. The second-order valence-corrected chi connectivity index (χ2v) is 5.40. The van der Waals surface area contributed by atoms with E-state index in [1.807, 2.05) is 0 Å². The lowest BCUT2D eigenvalue weighted by molar-refractivity contribution is 0.0509. The van der Waals surface area contributed by atoms with Crippen molar-refractivity contribution in [2.24, 2.45) is 7.05 Å². The Morgan fingerprint density at radius 3 is 2.29 bits per heavy atom. The largest absolute Gasteiger partial charge is 0.478 e. The maximum atomic E-state index is 12.6. The Labute approximate surface area is 137 Å². The quantitative estimate of drug-likeness (QED) is 0.866. The molecule has 0 bridgehead atoms. The number of carbonyl (C=O) groups is 3. The van der Waals surface area contributed by atoms with Crippen molar-refractivity contribution in [2.75, 3.05) is 26.2 Å². The fraction of sp³-hybridized carbons (Fsp3) is 0.333. The van der Waals surface area contributed by atoms with Crippen LogP contribution in [0.25, 0.3) is 0 Å². The van der Waals surface area contributed by atoms with Crippen LogP contribution in [0.4, 0.5) is 0 Å². The first-order valence-corrected chi connectivity index (χ1v) is 7.36. The number of aryl methyl sites for hydroxylation is 1. The number of furan rings is 1. The number of amides is 2. The molecule has 1 N–H and O–H groups in total. The SMILES string of the molecule is Cn1ncc(C(=O)O)c1C(=O)N1CCN(C(=O)c2ccco2)CC1. The molecule has 1 saturated heterocycles. The lowest BCUT2D eigenvalue weighted by atomic mass is 10.2. The molecular weight excluding hydrogens is 316 g/mol. The van der Waals surface area contributed by atoms with Crippen molar-refractivity contribution in [1.82, 2.24) is 19.6 Å². The number of piperazine rings is 1. The van der Waals surface area contributed by atoms with Crippen LogP contribution in [0.2, 0.25) is 0 Å². The first kappa shape index (κ1) is 15.8. The van der Waals surface area contributed by atoms with Gasteiger partial charge in [-0.3, -0.25) is 14.3 Å². The minimum Gasteiger partial charge on any atom is -0.478 e. The summed E-state index contributed by atoms with van der Waals surface area (Å²) >= 11 is 0. The molecule has 0 radical (unpaired) electrons. The molecule has 24 heavy (non-hydrogen) atoms. The van der Waals surface area contributed by atoms with Gasteiger partial charge in [-0.25, -0.2) is 4.79 Å². The Morgan fingerprint density at radius 2 is 1.75 bits per heavy atom. The van der Waals surface area contributed by atoms with Gasteiger partial charge in [0.05, 0.1) is 12.5 Å². The standard InChI is InChI=1S/C15H16N4O5/c1-17-12(10(9-16-17)15(22)23)14(21)19-6-4-18(5-7-19)13(20)11-3-2-8-24-11/h2-3,8-9H,4-7H2,1H3,(H,22,23). The van der Waals surface area contributed by atoms with Crippen molar-refractivity contribution in [2.45, 2.75) is 0 Å². The molecule has 0 atom stereocenters. The highest BCUT2D eigenvalue weighted by Gasteiger charge is 2.30. The number of nitrogens with zero attached hydrogens (tertiary/aromatic N) is 4. The summed E-state index contributed by atoms with van der Waals surface area (Å²) in [7, 11) is 1.52. The van der Waals surface area contributed by atoms with Crippen molar-refractivity contribution in [1.29, 1.82) is 0 Å². The number of aromatic carboxylic acids is 1. The van der Waals surface area contributed by atoms with Gasteiger partial charge in [-0.1, -0.05) is 0 Å². The molecule has 3 heterocycles. The van der Waals surface area contributed by atoms with Crippen molar-refractivity contribution in [3.8, 4) is 0 Å². The first-order valence-electron chi connectivity index (χ1n) is 7.36. The molecule has 1 fully saturated rings. The monoisotopic (exact) mass is 332 g/mol. The second kappa shape index (κ2) is 6.19. The molecule has 3 rings (SSSR count). The molecule has 0 unspecified atom stereocenters. The number of carboxylic acid groups (broad SMARTS) is 1. The second-order valence-electron chi connectivity index (χ2n) is 5.40. The highest BCUT2D eigenvalue weighted by Crippen LogP contribution is 2.14. The average Bonchev–Trinajstić information content (AvgIpc) is 3.23. The van der Waals surface area contributed by atoms with Crippen molar-refractivity contribution < 1.29 is 23.9 Å². The van der Waals surface area contributed by atoms with Crippen LogP contribution in [-0.2, 0) is 7.05 Å². The molecular formula is C15H16N4O5. The average molecular weight is 332 g/mol. The Kier molecular flexibility index (Phi) is 4.07. The van der Waals surface area contributed by atoms with E-state index in [2.05, 4.69) is 5.10 Å². The summed E-state index contributed by atoms with van der Waals surface area (Å²) < 4.78 is 6.35. The van der Waals surface area contributed by atoms with Gasteiger partial charge >= 0.3 is 5.97 Å². The molecule has 9 heteroatoms.